The zero-order valence-corrected chi connectivity index (χ0v) is 15.6. The zero-order chi connectivity index (χ0) is 18.9. The SMILES string of the molecule is COC1(CO)CCN(C(=O)OCC2c3ccccc3-c3ccccc32)CC1. The third-order valence-electron chi connectivity index (χ3n) is 5.99. The van der Waals surface area contributed by atoms with Gasteiger partial charge in [0, 0.05) is 26.1 Å². The number of aliphatic hydroxyl groups excluding tert-OH is 1. The fraction of sp³-hybridized carbons (Fsp3) is 0.409. The van der Waals surface area contributed by atoms with Crippen molar-refractivity contribution in [3.8, 4) is 11.1 Å². The van der Waals surface area contributed by atoms with Crippen LogP contribution in [0.3, 0.4) is 0 Å². The summed E-state index contributed by atoms with van der Waals surface area (Å²) < 4.78 is 11.1. The van der Waals surface area contributed by atoms with Crippen LogP contribution in [0.1, 0.15) is 29.9 Å². The molecule has 0 unspecified atom stereocenters. The Morgan fingerprint density at radius 2 is 1.63 bits per heavy atom. The first-order chi connectivity index (χ1) is 13.2. The Morgan fingerprint density at radius 3 is 2.15 bits per heavy atom. The van der Waals surface area contributed by atoms with Crippen LogP contribution in [0.15, 0.2) is 48.5 Å². The van der Waals surface area contributed by atoms with Crippen LogP contribution in [0.5, 0.6) is 0 Å². The van der Waals surface area contributed by atoms with E-state index in [9.17, 15) is 9.90 Å². The Balaban J connectivity index is 1.43. The summed E-state index contributed by atoms with van der Waals surface area (Å²) in [5.41, 5.74) is 4.34. The number of likely N-dealkylation sites (tertiary alicyclic amines) is 1. The Morgan fingerprint density at radius 1 is 1.07 bits per heavy atom. The molecule has 0 saturated carbocycles. The van der Waals surface area contributed by atoms with E-state index in [1.165, 1.54) is 22.3 Å². The number of piperidine rings is 1. The van der Waals surface area contributed by atoms with Gasteiger partial charge >= 0.3 is 6.09 Å². The van der Waals surface area contributed by atoms with Gasteiger partial charge in [0.25, 0.3) is 0 Å². The molecule has 1 amide bonds. The number of aliphatic hydroxyl groups is 1. The summed E-state index contributed by atoms with van der Waals surface area (Å²) in [6.07, 6.45) is 0.938. The minimum Gasteiger partial charge on any atom is -0.448 e. The molecule has 1 aliphatic carbocycles. The van der Waals surface area contributed by atoms with E-state index in [0.717, 1.165) is 0 Å². The summed E-state index contributed by atoms with van der Waals surface area (Å²) in [6.45, 7) is 1.37. The highest BCUT2D eigenvalue weighted by Gasteiger charge is 2.36. The highest BCUT2D eigenvalue weighted by atomic mass is 16.6. The molecule has 2 aromatic rings. The molecule has 142 valence electrons. The minimum absolute atomic E-state index is 0.0258. The molecule has 2 aromatic carbocycles. The van der Waals surface area contributed by atoms with Crippen LogP contribution in [0.25, 0.3) is 11.1 Å². The van der Waals surface area contributed by atoms with Crippen LogP contribution >= 0.6 is 0 Å². The first-order valence-corrected chi connectivity index (χ1v) is 9.43. The maximum Gasteiger partial charge on any atom is 0.409 e. The number of benzene rings is 2. The van der Waals surface area contributed by atoms with Crippen LogP contribution in [0.4, 0.5) is 4.79 Å². The molecule has 1 aliphatic heterocycles. The third-order valence-corrected chi connectivity index (χ3v) is 5.99. The zero-order valence-electron chi connectivity index (χ0n) is 15.6. The summed E-state index contributed by atoms with van der Waals surface area (Å²) in [6, 6.07) is 16.6. The molecule has 0 aromatic heterocycles. The molecule has 1 N–H and O–H groups in total. The fourth-order valence-corrected chi connectivity index (χ4v) is 4.21. The van der Waals surface area contributed by atoms with E-state index in [1.807, 2.05) is 24.3 Å². The lowest BCUT2D eigenvalue weighted by Crippen LogP contribution is -2.49. The van der Waals surface area contributed by atoms with Crippen LogP contribution in [-0.4, -0.2) is 55.1 Å². The smallest absolute Gasteiger partial charge is 0.409 e. The Kier molecular flexibility index (Phi) is 4.89. The van der Waals surface area contributed by atoms with Gasteiger partial charge in [-0.25, -0.2) is 4.79 Å². The van der Waals surface area contributed by atoms with Gasteiger partial charge in [-0.05, 0) is 35.1 Å². The monoisotopic (exact) mass is 367 g/mol. The molecular formula is C22H25NO4. The lowest BCUT2D eigenvalue weighted by atomic mass is 9.92. The number of fused-ring (bicyclic) bond motifs is 3. The number of amides is 1. The van der Waals surface area contributed by atoms with Crippen LogP contribution in [-0.2, 0) is 9.47 Å². The summed E-state index contributed by atoms with van der Waals surface area (Å²) in [7, 11) is 1.61. The molecule has 2 aliphatic rings. The summed E-state index contributed by atoms with van der Waals surface area (Å²) in [4.78, 5) is 14.3. The van der Waals surface area contributed by atoms with E-state index >= 15 is 0 Å². The molecule has 1 fully saturated rings. The molecule has 1 saturated heterocycles. The maximum atomic E-state index is 12.6. The van der Waals surface area contributed by atoms with Gasteiger partial charge in [0.05, 0.1) is 12.2 Å². The van der Waals surface area contributed by atoms with Crippen LogP contribution < -0.4 is 0 Å². The normalized spacial score (nSPS) is 18.1. The van der Waals surface area contributed by atoms with Gasteiger partial charge in [0.2, 0.25) is 0 Å². The summed E-state index contributed by atoms with van der Waals surface area (Å²) >= 11 is 0. The summed E-state index contributed by atoms with van der Waals surface area (Å²) in [5, 5.41) is 9.54. The first kappa shape index (κ1) is 18.0. The Bertz CT molecular complexity index is 775. The van der Waals surface area contributed by atoms with Gasteiger partial charge in [-0.1, -0.05) is 48.5 Å². The van der Waals surface area contributed by atoms with Gasteiger partial charge in [0.15, 0.2) is 0 Å². The number of ether oxygens (including phenoxy) is 2. The number of carbonyl (C=O) groups excluding carboxylic acids is 1. The Hall–Kier alpha value is -2.37. The molecule has 0 spiro atoms. The highest BCUT2D eigenvalue weighted by molar-refractivity contribution is 5.79. The van der Waals surface area contributed by atoms with Crippen molar-refractivity contribution in [2.45, 2.75) is 24.4 Å². The van der Waals surface area contributed by atoms with Crippen molar-refractivity contribution >= 4 is 6.09 Å². The topological polar surface area (TPSA) is 59.0 Å². The van der Waals surface area contributed by atoms with E-state index < -0.39 is 5.60 Å². The molecule has 0 atom stereocenters. The highest BCUT2D eigenvalue weighted by Crippen LogP contribution is 2.44. The van der Waals surface area contributed by atoms with Crippen LogP contribution in [0.2, 0.25) is 0 Å². The van der Waals surface area contributed by atoms with Crippen molar-refractivity contribution in [2.24, 2.45) is 0 Å². The van der Waals surface area contributed by atoms with E-state index in [0.29, 0.717) is 32.5 Å². The van der Waals surface area contributed by atoms with Crippen molar-refractivity contribution in [1.29, 1.82) is 0 Å². The fourth-order valence-electron chi connectivity index (χ4n) is 4.21. The largest absolute Gasteiger partial charge is 0.448 e. The lowest BCUT2D eigenvalue weighted by molar-refractivity contribution is -0.0865. The van der Waals surface area contributed by atoms with Gasteiger partial charge in [-0.2, -0.15) is 0 Å². The molecule has 0 bridgehead atoms. The molecule has 5 nitrogen and oxygen atoms in total. The van der Waals surface area contributed by atoms with Crippen molar-refractivity contribution in [3.05, 3.63) is 59.7 Å². The quantitative estimate of drug-likeness (QED) is 0.900. The van der Waals surface area contributed by atoms with Crippen LogP contribution in [0, 0.1) is 0 Å². The first-order valence-electron chi connectivity index (χ1n) is 9.43. The number of rotatable bonds is 4. The van der Waals surface area contributed by atoms with Gasteiger partial charge < -0.3 is 19.5 Å². The second-order valence-corrected chi connectivity index (χ2v) is 7.34. The van der Waals surface area contributed by atoms with E-state index in [-0.39, 0.29) is 18.6 Å². The van der Waals surface area contributed by atoms with Crippen molar-refractivity contribution in [3.63, 3.8) is 0 Å². The summed E-state index contributed by atoms with van der Waals surface area (Å²) in [5.74, 6) is 0.0710. The molecular weight excluding hydrogens is 342 g/mol. The molecule has 0 radical (unpaired) electrons. The van der Waals surface area contributed by atoms with E-state index in [1.54, 1.807) is 12.0 Å². The third kappa shape index (κ3) is 3.22. The number of hydrogen-bond donors (Lipinski definition) is 1. The van der Waals surface area contributed by atoms with Gasteiger partial charge in [-0.15, -0.1) is 0 Å². The number of nitrogens with zero attached hydrogens (tertiary/aromatic N) is 1. The standard InChI is InChI=1S/C22H25NO4/c1-26-22(15-24)10-12-23(13-11-22)21(25)27-14-20-18-8-4-2-6-16(18)17-7-3-5-9-19(17)20/h2-9,20,24H,10-15H2,1H3. The van der Waals surface area contributed by atoms with Crippen molar-refractivity contribution in [1.82, 2.24) is 4.90 Å². The second kappa shape index (κ2) is 7.33. The van der Waals surface area contributed by atoms with E-state index in [4.69, 9.17) is 9.47 Å². The minimum atomic E-state index is -0.528. The predicted molar refractivity (Wildman–Crippen MR) is 103 cm³/mol. The average molecular weight is 367 g/mol. The lowest BCUT2D eigenvalue weighted by Gasteiger charge is -2.39. The second-order valence-electron chi connectivity index (χ2n) is 7.34. The average Bonchev–Trinajstić information content (AvgIpc) is 3.06. The van der Waals surface area contributed by atoms with E-state index in [2.05, 4.69) is 24.3 Å². The molecule has 27 heavy (non-hydrogen) atoms. The van der Waals surface area contributed by atoms with Crippen molar-refractivity contribution < 1.29 is 19.4 Å². The van der Waals surface area contributed by atoms with Gasteiger partial charge in [0.1, 0.15) is 6.61 Å². The predicted octanol–water partition coefficient (Wildman–Crippen LogP) is 3.41. The number of carbonyl (C=O) groups is 1. The number of hydrogen-bond acceptors (Lipinski definition) is 4. The number of methoxy groups -OCH3 is 1. The molecule has 5 heteroatoms. The van der Waals surface area contributed by atoms with Crippen molar-refractivity contribution in [2.75, 3.05) is 33.4 Å². The molecule has 1 heterocycles. The Labute approximate surface area is 159 Å². The maximum absolute atomic E-state index is 12.6. The van der Waals surface area contributed by atoms with Gasteiger partial charge in [-0.3, -0.25) is 0 Å². The molecule has 4 rings (SSSR count).